The zero-order valence-corrected chi connectivity index (χ0v) is 6.48. The van der Waals surface area contributed by atoms with Crippen LogP contribution in [0.2, 0.25) is 0 Å². The number of allylic oxidation sites excluding steroid dienone is 1. The van der Waals surface area contributed by atoms with Crippen molar-refractivity contribution in [2.75, 3.05) is 0 Å². The summed E-state index contributed by atoms with van der Waals surface area (Å²) in [4.78, 5) is 14.8. The molecule has 0 unspecified atom stereocenters. The number of hydrogen-bond acceptors (Lipinski definition) is 2. The minimum atomic E-state index is 0.0995. The van der Waals surface area contributed by atoms with Gasteiger partial charge in [-0.15, -0.1) is 0 Å². The molecule has 2 nitrogen and oxygen atoms in total. The van der Waals surface area contributed by atoms with Gasteiger partial charge in [-0.25, -0.2) is 4.99 Å². The van der Waals surface area contributed by atoms with Gasteiger partial charge in [0.2, 0.25) is 0 Å². The molecule has 0 radical (unpaired) electrons. The van der Waals surface area contributed by atoms with Crippen molar-refractivity contribution >= 4 is 22.6 Å². The number of nitrogens with zero attached hydrogens (tertiary/aromatic N) is 1. The molecular formula is C7H8ClNO. The quantitative estimate of drug-likeness (QED) is 0.572. The lowest BCUT2D eigenvalue weighted by molar-refractivity contribution is -0.114. The predicted octanol–water partition coefficient (Wildman–Crippen LogP) is 1.89. The highest BCUT2D eigenvalue weighted by Crippen LogP contribution is 2.12. The number of aliphatic imine (C=N–C) groups is 1. The summed E-state index contributed by atoms with van der Waals surface area (Å²) < 4.78 is 0. The minimum Gasteiger partial charge on any atom is -0.294 e. The lowest BCUT2D eigenvalue weighted by atomic mass is 10.1. The Morgan fingerprint density at radius 1 is 1.80 bits per heavy atom. The molecule has 1 aliphatic heterocycles. The van der Waals surface area contributed by atoms with Crippen LogP contribution in [0.4, 0.5) is 0 Å². The van der Waals surface area contributed by atoms with Gasteiger partial charge >= 0.3 is 0 Å². The normalized spacial score (nSPS) is 18.4. The largest absolute Gasteiger partial charge is 0.294 e. The average molecular weight is 158 g/mol. The second-order valence-electron chi connectivity index (χ2n) is 2.11. The molecule has 0 N–H and O–H groups in total. The van der Waals surface area contributed by atoms with Crippen molar-refractivity contribution in [1.82, 2.24) is 0 Å². The standard InChI is InChI=1S/C7H8ClNO/c1-2-5-4-9-7(8)3-6(5)10/h4H,2-3H2,1H3. The van der Waals surface area contributed by atoms with Gasteiger partial charge in [0, 0.05) is 11.8 Å². The first-order valence-corrected chi connectivity index (χ1v) is 3.56. The topological polar surface area (TPSA) is 29.4 Å². The molecular weight excluding hydrogens is 150 g/mol. The first-order valence-electron chi connectivity index (χ1n) is 3.18. The molecule has 0 aromatic heterocycles. The third-order valence-corrected chi connectivity index (χ3v) is 1.64. The van der Waals surface area contributed by atoms with Crippen LogP contribution in [-0.2, 0) is 4.79 Å². The van der Waals surface area contributed by atoms with Crippen LogP contribution < -0.4 is 0 Å². The fourth-order valence-electron chi connectivity index (χ4n) is 0.800. The Bertz CT molecular complexity index is 218. The summed E-state index contributed by atoms with van der Waals surface area (Å²) >= 11 is 5.52. The molecule has 1 heterocycles. The van der Waals surface area contributed by atoms with Crippen LogP contribution in [0.3, 0.4) is 0 Å². The summed E-state index contributed by atoms with van der Waals surface area (Å²) in [6.07, 6.45) is 2.57. The zero-order valence-electron chi connectivity index (χ0n) is 5.72. The maximum atomic E-state index is 11.0. The molecule has 0 amide bonds. The van der Waals surface area contributed by atoms with E-state index in [2.05, 4.69) is 4.99 Å². The van der Waals surface area contributed by atoms with E-state index in [0.29, 0.717) is 5.17 Å². The highest BCUT2D eigenvalue weighted by atomic mass is 35.5. The summed E-state index contributed by atoms with van der Waals surface area (Å²) in [7, 11) is 0. The summed E-state index contributed by atoms with van der Waals surface area (Å²) in [5.41, 5.74) is 0.768. The van der Waals surface area contributed by atoms with Gasteiger partial charge in [0.1, 0.15) is 5.17 Å². The highest BCUT2D eigenvalue weighted by molar-refractivity contribution is 6.67. The van der Waals surface area contributed by atoms with Crippen LogP contribution in [0.15, 0.2) is 16.8 Å². The molecule has 1 aliphatic rings. The second-order valence-corrected chi connectivity index (χ2v) is 2.55. The molecule has 54 valence electrons. The Balaban J connectivity index is 2.82. The van der Waals surface area contributed by atoms with E-state index in [1.807, 2.05) is 6.92 Å². The Morgan fingerprint density at radius 2 is 2.50 bits per heavy atom. The number of rotatable bonds is 1. The van der Waals surface area contributed by atoms with E-state index < -0.39 is 0 Å². The van der Waals surface area contributed by atoms with E-state index in [-0.39, 0.29) is 12.2 Å². The van der Waals surface area contributed by atoms with Gasteiger partial charge in [-0.05, 0) is 6.42 Å². The molecule has 0 fully saturated rings. The van der Waals surface area contributed by atoms with Crippen molar-refractivity contribution in [3.63, 3.8) is 0 Å². The lowest BCUT2D eigenvalue weighted by Gasteiger charge is -2.05. The molecule has 0 aromatic rings. The third kappa shape index (κ3) is 1.45. The Hall–Kier alpha value is -0.630. The van der Waals surface area contributed by atoms with Gasteiger partial charge in [-0.3, -0.25) is 4.79 Å². The third-order valence-electron chi connectivity index (χ3n) is 1.41. The van der Waals surface area contributed by atoms with Gasteiger partial charge in [-0.2, -0.15) is 0 Å². The van der Waals surface area contributed by atoms with E-state index in [9.17, 15) is 4.79 Å². The lowest BCUT2D eigenvalue weighted by Crippen LogP contribution is -2.09. The Kier molecular flexibility index (Phi) is 2.22. The number of hydrogen-bond donors (Lipinski definition) is 0. The fraction of sp³-hybridized carbons (Fsp3) is 0.429. The van der Waals surface area contributed by atoms with Gasteiger partial charge < -0.3 is 0 Å². The van der Waals surface area contributed by atoms with Crippen molar-refractivity contribution in [3.05, 3.63) is 11.8 Å². The van der Waals surface area contributed by atoms with Crippen molar-refractivity contribution in [2.24, 2.45) is 4.99 Å². The number of carbonyl (C=O) groups excluding carboxylic acids is 1. The Labute approximate surface area is 64.6 Å². The molecule has 3 heteroatoms. The van der Waals surface area contributed by atoms with E-state index in [1.165, 1.54) is 0 Å². The van der Waals surface area contributed by atoms with Gasteiger partial charge in [-0.1, -0.05) is 18.5 Å². The van der Waals surface area contributed by atoms with E-state index >= 15 is 0 Å². The number of carbonyl (C=O) groups is 1. The van der Waals surface area contributed by atoms with Crippen molar-refractivity contribution in [3.8, 4) is 0 Å². The monoisotopic (exact) mass is 157 g/mol. The predicted molar refractivity (Wildman–Crippen MR) is 41.3 cm³/mol. The number of ketones is 1. The maximum Gasteiger partial charge on any atom is 0.167 e. The number of halogens is 1. The maximum absolute atomic E-state index is 11.0. The highest BCUT2D eigenvalue weighted by Gasteiger charge is 2.13. The van der Waals surface area contributed by atoms with Crippen molar-refractivity contribution in [2.45, 2.75) is 19.8 Å². The van der Waals surface area contributed by atoms with E-state index in [0.717, 1.165) is 12.0 Å². The molecule has 0 aliphatic carbocycles. The molecule has 1 rings (SSSR count). The van der Waals surface area contributed by atoms with E-state index in [4.69, 9.17) is 11.6 Å². The van der Waals surface area contributed by atoms with Gasteiger partial charge in [0.25, 0.3) is 0 Å². The summed E-state index contributed by atoms with van der Waals surface area (Å²) in [5, 5.41) is 0.391. The molecule has 0 aromatic carbocycles. The van der Waals surface area contributed by atoms with Crippen LogP contribution in [-0.4, -0.2) is 11.0 Å². The van der Waals surface area contributed by atoms with Crippen LogP contribution in [0.25, 0.3) is 0 Å². The Morgan fingerprint density at radius 3 is 3.00 bits per heavy atom. The van der Waals surface area contributed by atoms with Crippen molar-refractivity contribution < 1.29 is 4.79 Å². The summed E-state index contributed by atoms with van der Waals surface area (Å²) in [6.45, 7) is 1.93. The SMILES string of the molecule is CCC1=CN=C(Cl)CC1=O. The second kappa shape index (κ2) is 2.97. The summed E-state index contributed by atoms with van der Waals surface area (Å²) in [6, 6.07) is 0. The van der Waals surface area contributed by atoms with Crippen LogP contribution in [0.5, 0.6) is 0 Å². The van der Waals surface area contributed by atoms with Crippen LogP contribution >= 0.6 is 11.6 Å². The molecule has 0 spiro atoms. The minimum absolute atomic E-state index is 0.0995. The molecule has 0 atom stereocenters. The molecule has 0 saturated carbocycles. The van der Waals surface area contributed by atoms with Crippen molar-refractivity contribution in [1.29, 1.82) is 0 Å². The first-order chi connectivity index (χ1) is 4.74. The molecule has 0 bridgehead atoms. The first kappa shape index (κ1) is 7.48. The average Bonchev–Trinajstić information content (AvgIpc) is 1.88. The smallest absolute Gasteiger partial charge is 0.167 e. The number of Topliss-reactive ketones (excluding diaryl/α,β-unsaturated/α-hetero) is 1. The van der Waals surface area contributed by atoms with Crippen LogP contribution in [0.1, 0.15) is 19.8 Å². The van der Waals surface area contributed by atoms with Crippen LogP contribution in [0, 0.1) is 0 Å². The molecule has 10 heavy (non-hydrogen) atoms. The summed E-state index contributed by atoms with van der Waals surface area (Å²) in [5.74, 6) is 0.0995. The zero-order chi connectivity index (χ0) is 7.56. The van der Waals surface area contributed by atoms with Gasteiger partial charge in [0.15, 0.2) is 5.78 Å². The van der Waals surface area contributed by atoms with E-state index in [1.54, 1.807) is 6.20 Å². The fourth-order valence-corrected chi connectivity index (χ4v) is 0.970. The van der Waals surface area contributed by atoms with Gasteiger partial charge in [0.05, 0.1) is 6.42 Å². The molecule has 0 saturated heterocycles.